The van der Waals surface area contributed by atoms with E-state index < -0.39 is 0 Å². The van der Waals surface area contributed by atoms with Crippen molar-refractivity contribution in [1.82, 2.24) is 9.13 Å². The van der Waals surface area contributed by atoms with Gasteiger partial charge in [-0.1, -0.05) is 131 Å². The molecule has 0 N–H and O–H groups in total. The SMILES string of the molecule is Cc1ccc(N(c2ccc(C)cc2)c2cc3c4c(c2)-n2c5c(cccc5c5ccc6c(c7ccccc7n6-c6ccccc6)c52)B4c2cc(C)ccc2N3c2ccc(C)cc2)cc1. The second-order valence-electron chi connectivity index (χ2n) is 17.7. The van der Waals surface area contributed by atoms with E-state index in [4.69, 9.17) is 0 Å². The molecule has 63 heavy (non-hydrogen) atoms. The fourth-order valence-corrected chi connectivity index (χ4v) is 10.9. The van der Waals surface area contributed by atoms with E-state index in [0.29, 0.717) is 0 Å². The van der Waals surface area contributed by atoms with Gasteiger partial charge in [0.2, 0.25) is 0 Å². The number of nitrogens with zero attached hydrogens (tertiary/aromatic N) is 4. The first-order valence-corrected chi connectivity index (χ1v) is 22.0. The van der Waals surface area contributed by atoms with Gasteiger partial charge in [0.1, 0.15) is 0 Å². The van der Waals surface area contributed by atoms with Crippen LogP contribution in [0.5, 0.6) is 0 Å². The van der Waals surface area contributed by atoms with E-state index in [1.165, 1.54) is 99.3 Å². The Hall–Kier alpha value is -7.76. The molecule has 5 heteroatoms. The Balaban J connectivity index is 1.23. The van der Waals surface area contributed by atoms with Crippen LogP contribution >= 0.6 is 0 Å². The molecule has 0 atom stereocenters. The van der Waals surface area contributed by atoms with E-state index in [-0.39, 0.29) is 6.71 Å². The molecule has 0 saturated heterocycles. The van der Waals surface area contributed by atoms with Crippen LogP contribution in [-0.2, 0) is 0 Å². The van der Waals surface area contributed by atoms with E-state index >= 15 is 0 Å². The Morgan fingerprint density at radius 3 is 1.73 bits per heavy atom. The standard InChI is InChI=1S/C58H43BN4/c1-36-17-24-41(25-18-36)60(42-26-19-37(2)20-27-42)44-34-53-56-54(35-44)63-57-45(46-30-32-52-55(58(46)63)47-13-8-9-16-50(47)61(52)40-11-6-5-7-12-40)14-10-15-48(57)59(56)49-33-39(4)23-31-51(49)62(53)43-28-21-38(3)22-29-43/h5-35H,1-4H3. The molecule has 4 nitrogen and oxygen atoms in total. The van der Waals surface area contributed by atoms with Crippen molar-refractivity contribution in [2.75, 3.05) is 9.80 Å². The van der Waals surface area contributed by atoms with Gasteiger partial charge in [0.05, 0.1) is 22.2 Å². The van der Waals surface area contributed by atoms with Crippen LogP contribution in [0.15, 0.2) is 188 Å². The van der Waals surface area contributed by atoms with Crippen LogP contribution in [0.2, 0.25) is 0 Å². The van der Waals surface area contributed by atoms with Crippen LogP contribution < -0.4 is 26.2 Å². The minimum absolute atomic E-state index is 0.0227. The smallest absolute Gasteiger partial charge is 0.252 e. The fourth-order valence-electron chi connectivity index (χ4n) is 10.9. The van der Waals surface area contributed by atoms with E-state index in [0.717, 1.165) is 28.4 Å². The predicted octanol–water partition coefficient (Wildman–Crippen LogP) is 13.2. The predicted molar refractivity (Wildman–Crippen MR) is 268 cm³/mol. The van der Waals surface area contributed by atoms with Gasteiger partial charge in [0, 0.05) is 66.9 Å². The van der Waals surface area contributed by atoms with Crippen LogP contribution in [-0.4, -0.2) is 15.8 Å². The van der Waals surface area contributed by atoms with Crippen molar-refractivity contribution in [3.8, 4) is 11.4 Å². The molecule has 9 aromatic carbocycles. The second kappa shape index (κ2) is 13.4. The van der Waals surface area contributed by atoms with Gasteiger partial charge in [-0.05, 0) is 123 Å². The molecule has 0 spiro atoms. The Kier molecular flexibility index (Phi) is 7.63. The van der Waals surface area contributed by atoms with Crippen molar-refractivity contribution in [2.24, 2.45) is 0 Å². The van der Waals surface area contributed by atoms with Crippen LogP contribution in [0.25, 0.3) is 55.0 Å². The van der Waals surface area contributed by atoms with Crippen molar-refractivity contribution in [3.63, 3.8) is 0 Å². The summed E-state index contributed by atoms with van der Waals surface area (Å²) in [7, 11) is 0. The van der Waals surface area contributed by atoms with E-state index in [1.54, 1.807) is 0 Å². The Morgan fingerprint density at radius 1 is 0.381 bits per heavy atom. The molecule has 4 heterocycles. The van der Waals surface area contributed by atoms with Gasteiger partial charge >= 0.3 is 0 Å². The highest BCUT2D eigenvalue weighted by Gasteiger charge is 2.43. The summed E-state index contributed by atoms with van der Waals surface area (Å²) in [6, 6.07) is 70.6. The molecular weight excluding hydrogens is 763 g/mol. The summed E-state index contributed by atoms with van der Waals surface area (Å²) in [5.74, 6) is 0. The molecular formula is C58H43BN4. The maximum atomic E-state index is 2.65. The lowest BCUT2D eigenvalue weighted by atomic mass is 9.33. The summed E-state index contributed by atoms with van der Waals surface area (Å²) in [6.07, 6.45) is 0. The Morgan fingerprint density at radius 2 is 1.00 bits per heavy atom. The van der Waals surface area contributed by atoms with Crippen molar-refractivity contribution in [2.45, 2.75) is 27.7 Å². The molecule has 2 aromatic heterocycles. The summed E-state index contributed by atoms with van der Waals surface area (Å²) in [4.78, 5) is 4.98. The Bertz CT molecular complexity index is 3610. The number of aryl methyl sites for hydroxylation is 4. The van der Waals surface area contributed by atoms with Gasteiger partial charge in [-0.25, -0.2) is 0 Å². The zero-order valence-corrected chi connectivity index (χ0v) is 35.8. The monoisotopic (exact) mass is 806 g/mol. The molecule has 0 aliphatic carbocycles. The van der Waals surface area contributed by atoms with E-state index in [2.05, 4.69) is 235 Å². The minimum Gasteiger partial charge on any atom is -0.311 e. The van der Waals surface area contributed by atoms with Gasteiger partial charge < -0.3 is 18.9 Å². The number of rotatable bonds is 5. The largest absolute Gasteiger partial charge is 0.311 e. The first-order chi connectivity index (χ1) is 30.9. The van der Waals surface area contributed by atoms with Gasteiger partial charge in [0.25, 0.3) is 6.71 Å². The highest BCUT2D eigenvalue weighted by molar-refractivity contribution is 7.00. The fraction of sp³-hybridized carbons (Fsp3) is 0.0690. The Labute approximate surface area is 367 Å². The summed E-state index contributed by atoms with van der Waals surface area (Å²) >= 11 is 0. The maximum Gasteiger partial charge on any atom is 0.252 e. The summed E-state index contributed by atoms with van der Waals surface area (Å²) in [5.41, 5.74) is 23.2. The molecule has 11 aromatic rings. The number of aromatic nitrogens is 2. The molecule has 0 bridgehead atoms. The van der Waals surface area contributed by atoms with Crippen molar-refractivity contribution in [1.29, 1.82) is 0 Å². The van der Waals surface area contributed by atoms with E-state index in [1.807, 2.05) is 0 Å². The molecule has 0 amide bonds. The first kappa shape index (κ1) is 35.9. The molecule has 2 aliphatic rings. The molecule has 298 valence electrons. The number of anilines is 6. The quantitative estimate of drug-likeness (QED) is 0.161. The minimum atomic E-state index is 0.0227. The topological polar surface area (TPSA) is 16.3 Å². The number of para-hydroxylation sites is 3. The lowest BCUT2D eigenvalue weighted by Crippen LogP contribution is -2.60. The maximum absolute atomic E-state index is 2.65. The molecule has 0 radical (unpaired) electrons. The van der Waals surface area contributed by atoms with Crippen molar-refractivity contribution >= 4 is 101 Å². The number of benzene rings is 9. The number of hydrogen-bond donors (Lipinski definition) is 0. The molecule has 0 saturated carbocycles. The zero-order valence-electron chi connectivity index (χ0n) is 35.8. The molecule has 0 fully saturated rings. The van der Waals surface area contributed by atoms with Crippen LogP contribution in [0, 0.1) is 27.7 Å². The van der Waals surface area contributed by atoms with Gasteiger partial charge in [-0.3, -0.25) is 0 Å². The third kappa shape index (κ3) is 5.17. The van der Waals surface area contributed by atoms with Crippen molar-refractivity contribution in [3.05, 3.63) is 210 Å². The highest BCUT2D eigenvalue weighted by atomic mass is 15.2. The number of fused-ring (bicyclic) bond motifs is 11. The van der Waals surface area contributed by atoms with Gasteiger partial charge in [-0.15, -0.1) is 0 Å². The van der Waals surface area contributed by atoms with Gasteiger partial charge in [-0.2, -0.15) is 0 Å². The van der Waals surface area contributed by atoms with Gasteiger partial charge in [0.15, 0.2) is 0 Å². The lowest BCUT2D eigenvalue weighted by Gasteiger charge is -2.41. The molecule has 0 unspecified atom stereocenters. The third-order valence-corrected chi connectivity index (χ3v) is 13.7. The summed E-state index contributed by atoms with van der Waals surface area (Å²) < 4.78 is 5.10. The highest BCUT2D eigenvalue weighted by Crippen LogP contribution is 2.48. The van der Waals surface area contributed by atoms with Crippen LogP contribution in [0.3, 0.4) is 0 Å². The summed E-state index contributed by atoms with van der Waals surface area (Å²) in [5, 5.41) is 5.06. The summed E-state index contributed by atoms with van der Waals surface area (Å²) in [6.45, 7) is 8.76. The lowest BCUT2D eigenvalue weighted by molar-refractivity contribution is 1.16. The molecule has 2 aliphatic heterocycles. The average molecular weight is 807 g/mol. The van der Waals surface area contributed by atoms with E-state index in [9.17, 15) is 0 Å². The first-order valence-electron chi connectivity index (χ1n) is 22.0. The third-order valence-electron chi connectivity index (χ3n) is 13.7. The normalized spacial score (nSPS) is 12.7. The zero-order chi connectivity index (χ0) is 42.1. The average Bonchev–Trinajstić information content (AvgIpc) is 3.83. The second-order valence-corrected chi connectivity index (χ2v) is 17.7. The van der Waals surface area contributed by atoms with Crippen molar-refractivity contribution < 1.29 is 0 Å². The van der Waals surface area contributed by atoms with Crippen LogP contribution in [0.4, 0.5) is 34.1 Å². The molecule has 13 rings (SSSR count). The number of hydrogen-bond acceptors (Lipinski definition) is 2. The van der Waals surface area contributed by atoms with Crippen LogP contribution in [0.1, 0.15) is 22.3 Å².